The van der Waals surface area contributed by atoms with Gasteiger partial charge >= 0.3 is 0 Å². The maximum atomic E-state index is 12.2. The number of nitrogen functional groups attached to an aromatic ring is 1. The molecular formula is C13H22N4O3. The number of nitrogens with one attached hydrogen (secondary N) is 1. The molecule has 1 aliphatic rings. The van der Waals surface area contributed by atoms with Crippen LogP contribution < -0.4 is 11.1 Å². The van der Waals surface area contributed by atoms with E-state index in [0.29, 0.717) is 49.6 Å². The fourth-order valence-electron chi connectivity index (χ4n) is 2.38. The van der Waals surface area contributed by atoms with Gasteiger partial charge in [-0.2, -0.15) is 5.10 Å². The molecule has 0 saturated carbocycles. The predicted molar refractivity (Wildman–Crippen MR) is 74.3 cm³/mol. The number of carbonyl (C=O) groups excluding carboxylic acids is 1. The molecule has 0 unspecified atom stereocenters. The van der Waals surface area contributed by atoms with Crippen LogP contribution in [0.5, 0.6) is 0 Å². The second kappa shape index (κ2) is 5.80. The molecule has 1 amide bonds. The summed E-state index contributed by atoms with van der Waals surface area (Å²) in [6.07, 6.45) is 1.72. The predicted octanol–water partition coefficient (Wildman–Crippen LogP) is -0.164. The molecule has 1 fully saturated rings. The van der Waals surface area contributed by atoms with E-state index in [1.165, 1.54) is 4.68 Å². The molecule has 1 aromatic heterocycles. The quantitative estimate of drug-likeness (QED) is 0.712. The van der Waals surface area contributed by atoms with Crippen molar-refractivity contribution in [3.05, 3.63) is 11.4 Å². The van der Waals surface area contributed by atoms with E-state index in [9.17, 15) is 9.90 Å². The van der Waals surface area contributed by atoms with Crippen LogP contribution in [0.3, 0.4) is 0 Å². The highest BCUT2D eigenvalue weighted by molar-refractivity contribution is 5.98. The number of hydrogen-bond acceptors (Lipinski definition) is 5. The third-order valence-electron chi connectivity index (χ3n) is 3.71. The molecule has 0 bridgehead atoms. The number of ether oxygens (including phenoxy) is 1. The van der Waals surface area contributed by atoms with E-state index in [-0.39, 0.29) is 12.5 Å². The highest BCUT2D eigenvalue weighted by Gasteiger charge is 2.31. The smallest absolute Gasteiger partial charge is 0.271 e. The van der Waals surface area contributed by atoms with Gasteiger partial charge in [0.15, 0.2) is 0 Å². The molecule has 0 spiro atoms. The summed E-state index contributed by atoms with van der Waals surface area (Å²) in [4.78, 5) is 12.2. The van der Waals surface area contributed by atoms with Crippen LogP contribution >= 0.6 is 0 Å². The van der Waals surface area contributed by atoms with Crippen LogP contribution in [-0.4, -0.2) is 46.2 Å². The number of rotatable bonds is 4. The van der Waals surface area contributed by atoms with E-state index in [0.717, 1.165) is 0 Å². The van der Waals surface area contributed by atoms with Gasteiger partial charge in [0, 0.05) is 39.6 Å². The lowest BCUT2D eigenvalue weighted by molar-refractivity contribution is -0.0605. The minimum Gasteiger partial charge on any atom is -0.395 e. The second-order valence-corrected chi connectivity index (χ2v) is 5.21. The average Bonchev–Trinajstić information content (AvgIpc) is 2.72. The van der Waals surface area contributed by atoms with Crippen molar-refractivity contribution in [1.82, 2.24) is 15.1 Å². The molecule has 7 heteroatoms. The third kappa shape index (κ3) is 2.94. The van der Waals surface area contributed by atoms with Gasteiger partial charge in [-0.25, -0.2) is 0 Å². The summed E-state index contributed by atoms with van der Waals surface area (Å²) in [6, 6.07) is 0. The Labute approximate surface area is 118 Å². The van der Waals surface area contributed by atoms with Crippen LogP contribution in [0, 0.1) is 0 Å². The molecule has 2 rings (SSSR count). The number of carbonyl (C=O) groups is 1. The first-order valence-corrected chi connectivity index (χ1v) is 6.86. The van der Waals surface area contributed by atoms with Crippen molar-refractivity contribution >= 4 is 11.6 Å². The van der Waals surface area contributed by atoms with Gasteiger partial charge in [-0.3, -0.25) is 9.48 Å². The Morgan fingerprint density at radius 2 is 2.20 bits per heavy atom. The maximum Gasteiger partial charge on any atom is 0.271 e. The molecule has 0 aliphatic carbocycles. The molecule has 0 atom stereocenters. The summed E-state index contributed by atoms with van der Waals surface area (Å²) in [6.45, 7) is 3.16. The van der Waals surface area contributed by atoms with Crippen LogP contribution in [-0.2, 0) is 18.2 Å². The topological polar surface area (TPSA) is 102 Å². The summed E-state index contributed by atoms with van der Waals surface area (Å²) in [5.41, 5.74) is 6.50. The fourth-order valence-corrected chi connectivity index (χ4v) is 2.38. The zero-order chi connectivity index (χ0) is 14.8. The Morgan fingerprint density at radius 1 is 1.55 bits per heavy atom. The molecule has 112 valence electrons. The molecule has 1 aromatic rings. The molecular weight excluding hydrogens is 260 g/mol. The van der Waals surface area contributed by atoms with E-state index >= 15 is 0 Å². The Kier molecular flexibility index (Phi) is 4.29. The van der Waals surface area contributed by atoms with Crippen molar-refractivity contribution in [3.63, 3.8) is 0 Å². The Hall–Kier alpha value is -1.60. The van der Waals surface area contributed by atoms with Crippen LogP contribution in [0.25, 0.3) is 0 Å². The van der Waals surface area contributed by atoms with Gasteiger partial charge in [-0.15, -0.1) is 0 Å². The first-order chi connectivity index (χ1) is 9.47. The van der Waals surface area contributed by atoms with Gasteiger partial charge in [0.2, 0.25) is 0 Å². The summed E-state index contributed by atoms with van der Waals surface area (Å²) < 4.78 is 6.69. The number of aromatic nitrogens is 2. The lowest BCUT2D eigenvalue weighted by atomic mass is 9.94. The molecule has 1 saturated heterocycles. The molecule has 7 nitrogen and oxygen atoms in total. The van der Waals surface area contributed by atoms with E-state index in [1.807, 2.05) is 6.92 Å². The standard InChI is InChI=1S/C13H22N4O3/c1-3-9-10(14)11(17(2)16-9)12(18)15-8-13(19)4-6-20-7-5-13/h19H,3-8,14H2,1-2H3,(H,15,18). The zero-order valence-corrected chi connectivity index (χ0v) is 12.0. The van der Waals surface area contributed by atoms with Crippen molar-refractivity contribution < 1.29 is 14.6 Å². The highest BCUT2D eigenvalue weighted by Crippen LogP contribution is 2.20. The van der Waals surface area contributed by atoms with Crippen molar-refractivity contribution in [3.8, 4) is 0 Å². The normalized spacial score (nSPS) is 17.9. The summed E-state index contributed by atoms with van der Waals surface area (Å²) in [7, 11) is 1.69. The van der Waals surface area contributed by atoms with Gasteiger partial charge in [0.05, 0.1) is 17.0 Å². The number of aryl methyl sites for hydroxylation is 2. The first-order valence-electron chi connectivity index (χ1n) is 6.86. The van der Waals surface area contributed by atoms with Crippen molar-refractivity contribution in [1.29, 1.82) is 0 Å². The second-order valence-electron chi connectivity index (χ2n) is 5.21. The van der Waals surface area contributed by atoms with Crippen LogP contribution in [0.1, 0.15) is 35.9 Å². The van der Waals surface area contributed by atoms with Gasteiger partial charge < -0.3 is 20.9 Å². The maximum absolute atomic E-state index is 12.2. The largest absolute Gasteiger partial charge is 0.395 e. The highest BCUT2D eigenvalue weighted by atomic mass is 16.5. The number of amides is 1. The SMILES string of the molecule is CCc1nn(C)c(C(=O)NCC2(O)CCOCC2)c1N. The summed E-state index contributed by atoms with van der Waals surface area (Å²) in [5.74, 6) is -0.308. The summed E-state index contributed by atoms with van der Waals surface area (Å²) >= 11 is 0. The number of nitrogens with two attached hydrogens (primary N) is 1. The molecule has 20 heavy (non-hydrogen) atoms. The van der Waals surface area contributed by atoms with E-state index in [2.05, 4.69) is 10.4 Å². The average molecular weight is 282 g/mol. The lowest BCUT2D eigenvalue weighted by Crippen LogP contribution is -2.47. The number of aliphatic hydroxyl groups is 1. The van der Waals surface area contributed by atoms with E-state index in [1.54, 1.807) is 7.05 Å². The Balaban J connectivity index is 2.03. The molecule has 2 heterocycles. The minimum absolute atomic E-state index is 0.196. The van der Waals surface area contributed by atoms with Crippen molar-refractivity contribution in [2.45, 2.75) is 31.8 Å². The van der Waals surface area contributed by atoms with Gasteiger partial charge in [0.25, 0.3) is 5.91 Å². The lowest BCUT2D eigenvalue weighted by Gasteiger charge is -2.32. The Morgan fingerprint density at radius 3 is 2.75 bits per heavy atom. The van der Waals surface area contributed by atoms with Gasteiger partial charge in [0.1, 0.15) is 5.69 Å². The van der Waals surface area contributed by atoms with Crippen LogP contribution in [0.15, 0.2) is 0 Å². The summed E-state index contributed by atoms with van der Waals surface area (Å²) in [5, 5.41) is 17.3. The van der Waals surface area contributed by atoms with E-state index in [4.69, 9.17) is 10.5 Å². The molecule has 4 N–H and O–H groups in total. The first kappa shape index (κ1) is 14.8. The van der Waals surface area contributed by atoms with Gasteiger partial charge in [-0.1, -0.05) is 6.92 Å². The molecule has 0 aromatic carbocycles. The van der Waals surface area contributed by atoms with Crippen LogP contribution in [0.2, 0.25) is 0 Å². The molecule has 0 radical (unpaired) electrons. The number of nitrogens with zero attached hydrogens (tertiary/aromatic N) is 2. The Bertz CT molecular complexity index is 492. The fraction of sp³-hybridized carbons (Fsp3) is 0.692. The van der Waals surface area contributed by atoms with Crippen molar-refractivity contribution in [2.75, 3.05) is 25.5 Å². The van der Waals surface area contributed by atoms with Crippen LogP contribution in [0.4, 0.5) is 5.69 Å². The van der Waals surface area contributed by atoms with Crippen molar-refractivity contribution in [2.24, 2.45) is 7.05 Å². The minimum atomic E-state index is -0.894. The molecule has 1 aliphatic heterocycles. The third-order valence-corrected chi connectivity index (χ3v) is 3.71. The number of anilines is 1. The zero-order valence-electron chi connectivity index (χ0n) is 12.0. The van der Waals surface area contributed by atoms with Gasteiger partial charge in [-0.05, 0) is 6.42 Å². The number of hydrogen-bond donors (Lipinski definition) is 3. The van der Waals surface area contributed by atoms with E-state index < -0.39 is 5.60 Å². The monoisotopic (exact) mass is 282 g/mol.